The quantitative estimate of drug-likeness (QED) is 0.589. The van der Waals surface area contributed by atoms with Crippen molar-refractivity contribution in [3.8, 4) is 0 Å². The van der Waals surface area contributed by atoms with Crippen molar-refractivity contribution in [1.29, 1.82) is 0 Å². The molecule has 62 valence electrons. The van der Waals surface area contributed by atoms with Crippen molar-refractivity contribution in [2.24, 2.45) is 0 Å². The molecule has 1 rings (SSSR count). The van der Waals surface area contributed by atoms with E-state index in [2.05, 4.69) is 5.32 Å². The maximum Gasteiger partial charge on any atom is 0.239 e. The van der Waals surface area contributed by atoms with Gasteiger partial charge in [-0.25, -0.2) is 0 Å². The molecule has 0 saturated carbocycles. The van der Waals surface area contributed by atoms with Crippen LogP contribution in [0.1, 0.15) is 20.3 Å². The van der Waals surface area contributed by atoms with E-state index in [4.69, 9.17) is 0 Å². The van der Waals surface area contributed by atoms with Gasteiger partial charge in [0.1, 0.15) is 0 Å². The van der Waals surface area contributed by atoms with E-state index in [1.54, 1.807) is 0 Å². The van der Waals surface area contributed by atoms with E-state index in [9.17, 15) is 9.59 Å². The van der Waals surface area contributed by atoms with Crippen LogP contribution in [0.15, 0.2) is 0 Å². The van der Waals surface area contributed by atoms with Gasteiger partial charge in [0.15, 0.2) is 0 Å². The first-order valence-electron chi connectivity index (χ1n) is 3.65. The summed E-state index contributed by atoms with van der Waals surface area (Å²) in [4.78, 5) is 21.9. The molecule has 0 aromatic rings. The zero-order chi connectivity index (χ0) is 8.43. The first-order valence-corrected chi connectivity index (χ1v) is 4.59. The van der Waals surface area contributed by atoms with E-state index in [0.717, 1.165) is 6.42 Å². The Morgan fingerprint density at radius 1 is 1.45 bits per heavy atom. The summed E-state index contributed by atoms with van der Waals surface area (Å²) >= 11 is 1.44. The zero-order valence-corrected chi connectivity index (χ0v) is 7.40. The molecule has 1 heterocycles. The lowest BCUT2D eigenvalue weighted by atomic mass is 10.3. The summed E-state index contributed by atoms with van der Waals surface area (Å²) in [6.45, 7) is 3.76. The lowest BCUT2D eigenvalue weighted by molar-refractivity contribution is -0.130. The molecule has 1 N–H and O–H groups in total. The molecule has 1 aliphatic heterocycles. The standard InChI is InChI=1S/C7H11NO2S/c1-3-5-7(10)8-6(9)4(2)11-5/h4-5H,3H2,1-2H3,(H,8,9,10)/t4-,5-/m0/s1. The first-order chi connectivity index (χ1) is 5.15. The summed E-state index contributed by atoms with van der Waals surface area (Å²) in [6.07, 6.45) is 0.786. The zero-order valence-electron chi connectivity index (χ0n) is 6.59. The third-order valence-corrected chi connectivity index (χ3v) is 3.15. The Balaban J connectivity index is 2.62. The second-order valence-corrected chi connectivity index (χ2v) is 4.08. The van der Waals surface area contributed by atoms with Gasteiger partial charge in [0.05, 0.1) is 10.5 Å². The van der Waals surface area contributed by atoms with Crippen LogP contribution in [0.4, 0.5) is 0 Å². The fourth-order valence-corrected chi connectivity index (χ4v) is 2.01. The number of hydrogen-bond donors (Lipinski definition) is 1. The number of rotatable bonds is 1. The van der Waals surface area contributed by atoms with Crippen molar-refractivity contribution in [2.45, 2.75) is 30.8 Å². The molecule has 11 heavy (non-hydrogen) atoms. The van der Waals surface area contributed by atoms with E-state index >= 15 is 0 Å². The van der Waals surface area contributed by atoms with E-state index in [1.807, 2.05) is 13.8 Å². The van der Waals surface area contributed by atoms with Crippen LogP contribution in [0, 0.1) is 0 Å². The highest BCUT2D eigenvalue weighted by Gasteiger charge is 2.30. The SMILES string of the molecule is CC[C@@H]1S[C@@H](C)C(=O)NC1=O. The number of nitrogens with one attached hydrogen (secondary N) is 1. The third-order valence-electron chi connectivity index (χ3n) is 1.65. The van der Waals surface area contributed by atoms with Gasteiger partial charge in [0.25, 0.3) is 0 Å². The van der Waals surface area contributed by atoms with Crippen LogP contribution in [-0.2, 0) is 9.59 Å². The third kappa shape index (κ3) is 1.74. The molecule has 1 saturated heterocycles. The Kier molecular flexibility index (Phi) is 2.54. The number of carbonyl (C=O) groups is 2. The molecule has 1 fully saturated rings. The van der Waals surface area contributed by atoms with Crippen LogP contribution < -0.4 is 5.32 Å². The molecule has 0 aromatic carbocycles. The van der Waals surface area contributed by atoms with Gasteiger partial charge in [-0.2, -0.15) is 0 Å². The van der Waals surface area contributed by atoms with Gasteiger partial charge in [-0.05, 0) is 13.3 Å². The van der Waals surface area contributed by atoms with Gasteiger partial charge in [0, 0.05) is 0 Å². The molecular weight excluding hydrogens is 162 g/mol. The largest absolute Gasteiger partial charge is 0.295 e. The van der Waals surface area contributed by atoms with Crippen LogP contribution in [0.3, 0.4) is 0 Å². The van der Waals surface area contributed by atoms with E-state index in [0.29, 0.717) is 0 Å². The number of carbonyl (C=O) groups excluding carboxylic acids is 2. The van der Waals surface area contributed by atoms with E-state index < -0.39 is 0 Å². The summed E-state index contributed by atoms with van der Waals surface area (Å²) in [7, 11) is 0. The summed E-state index contributed by atoms with van der Waals surface area (Å²) in [6, 6.07) is 0. The molecule has 0 unspecified atom stereocenters. The summed E-state index contributed by atoms with van der Waals surface area (Å²) in [5, 5.41) is 2.21. The molecule has 0 bridgehead atoms. The lowest BCUT2D eigenvalue weighted by Gasteiger charge is -2.23. The minimum absolute atomic E-state index is 0.0392. The Morgan fingerprint density at radius 2 is 2.09 bits per heavy atom. The number of thioether (sulfide) groups is 1. The minimum atomic E-state index is -0.162. The first kappa shape index (κ1) is 8.59. The van der Waals surface area contributed by atoms with E-state index in [-0.39, 0.29) is 22.3 Å². The summed E-state index contributed by atoms with van der Waals surface area (Å²) < 4.78 is 0. The number of hydrogen-bond acceptors (Lipinski definition) is 3. The molecule has 4 heteroatoms. The highest BCUT2D eigenvalue weighted by atomic mass is 32.2. The Bertz CT molecular complexity index is 193. The van der Waals surface area contributed by atoms with Crippen LogP contribution >= 0.6 is 11.8 Å². The van der Waals surface area contributed by atoms with Gasteiger partial charge in [-0.3, -0.25) is 14.9 Å². The second-order valence-electron chi connectivity index (χ2n) is 2.53. The Morgan fingerprint density at radius 3 is 2.64 bits per heavy atom. The second kappa shape index (κ2) is 3.26. The molecule has 0 aliphatic carbocycles. The smallest absolute Gasteiger partial charge is 0.239 e. The normalized spacial score (nSPS) is 31.8. The topological polar surface area (TPSA) is 46.2 Å². The van der Waals surface area contributed by atoms with Gasteiger partial charge < -0.3 is 0 Å². The van der Waals surface area contributed by atoms with Crippen molar-refractivity contribution >= 4 is 23.6 Å². The highest BCUT2D eigenvalue weighted by Crippen LogP contribution is 2.24. The van der Waals surface area contributed by atoms with Crippen LogP contribution in [0.5, 0.6) is 0 Å². The van der Waals surface area contributed by atoms with Crippen molar-refractivity contribution < 1.29 is 9.59 Å². The van der Waals surface area contributed by atoms with Crippen molar-refractivity contribution in [3.05, 3.63) is 0 Å². The maximum absolute atomic E-state index is 11.0. The Labute approximate surface area is 69.9 Å². The number of imide groups is 1. The van der Waals surface area contributed by atoms with Crippen LogP contribution in [0.25, 0.3) is 0 Å². The summed E-state index contributed by atoms with van der Waals surface area (Å²) in [5.74, 6) is -0.301. The van der Waals surface area contributed by atoms with Gasteiger partial charge in [0.2, 0.25) is 11.8 Å². The fourth-order valence-electron chi connectivity index (χ4n) is 0.955. The van der Waals surface area contributed by atoms with Crippen molar-refractivity contribution in [3.63, 3.8) is 0 Å². The summed E-state index contributed by atoms with van der Waals surface area (Å²) in [5.41, 5.74) is 0. The lowest BCUT2D eigenvalue weighted by Crippen LogP contribution is -2.46. The molecule has 0 radical (unpaired) electrons. The highest BCUT2D eigenvalue weighted by molar-refractivity contribution is 8.02. The molecule has 0 spiro atoms. The fraction of sp³-hybridized carbons (Fsp3) is 0.714. The average Bonchev–Trinajstić information content (AvgIpc) is 1.97. The molecule has 2 atom stereocenters. The maximum atomic E-state index is 11.0. The van der Waals surface area contributed by atoms with Gasteiger partial charge in [-0.1, -0.05) is 6.92 Å². The Hall–Kier alpha value is -0.510. The molecule has 1 aliphatic rings. The molecule has 0 aromatic heterocycles. The number of amides is 2. The van der Waals surface area contributed by atoms with E-state index in [1.165, 1.54) is 11.8 Å². The van der Waals surface area contributed by atoms with Gasteiger partial charge in [-0.15, -0.1) is 11.8 Å². The predicted octanol–water partition coefficient (Wildman–Crippen LogP) is 0.543. The van der Waals surface area contributed by atoms with Crippen molar-refractivity contribution in [1.82, 2.24) is 5.32 Å². The van der Waals surface area contributed by atoms with Crippen molar-refractivity contribution in [2.75, 3.05) is 0 Å². The average molecular weight is 173 g/mol. The van der Waals surface area contributed by atoms with Crippen LogP contribution in [0.2, 0.25) is 0 Å². The van der Waals surface area contributed by atoms with Crippen LogP contribution in [-0.4, -0.2) is 22.3 Å². The molecule has 2 amide bonds. The molecule has 3 nitrogen and oxygen atoms in total. The molecular formula is C7H11NO2S. The monoisotopic (exact) mass is 173 g/mol. The predicted molar refractivity (Wildman–Crippen MR) is 44.3 cm³/mol. The minimum Gasteiger partial charge on any atom is -0.295 e. The van der Waals surface area contributed by atoms with Gasteiger partial charge >= 0.3 is 0 Å².